The summed E-state index contributed by atoms with van der Waals surface area (Å²) >= 11 is 19.6. The molecule has 4 aromatic rings. The Morgan fingerprint density at radius 3 is 2.59 bits per heavy atom. The molecule has 0 aliphatic carbocycles. The second kappa shape index (κ2) is 10.4. The van der Waals surface area contributed by atoms with Crippen molar-refractivity contribution in [2.75, 3.05) is 5.75 Å². The summed E-state index contributed by atoms with van der Waals surface area (Å²) in [5.74, 6) is -0.0902. The minimum Gasteiger partial charge on any atom is -0.314 e. The maximum atomic E-state index is 12.3. The van der Waals surface area contributed by atoms with E-state index in [1.165, 1.54) is 18.0 Å². The van der Waals surface area contributed by atoms with Gasteiger partial charge < -0.3 is 4.57 Å². The normalized spacial score (nSPS) is 11.3. The van der Waals surface area contributed by atoms with Crippen LogP contribution >= 0.6 is 46.6 Å². The largest absolute Gasteiger partial charge is 0.314 e. The highest BCUT2D eigenvalue weighted by Gasteiger charge is 2.14. The van der Waals surface area contributed by atoms with Crippen molar-refractivity contribution < 1.29 is 4.79 Å². The fourth-order valence-electron chi connectivity index (χ4n) is 3.05. The van der Waals surface area contributed by atoms with Crippen LogP contribution in [0.1, 0.15) is 11.1 Å². The van der Waals surface area contributed by atoms with Gasteiger partial charge >= 0.3 is 0 Å². The fraction of sp³-hybridized carbons (Fsp3) is 0.0870. The summed E-state index contributed by atoms with van der Waals surface area (Å²) in [5, 5.41) is 6.29. The monoisotopic (exact) mass is 502 g/mol. The lowest BCUT2D eigenvalue weighted by molar-refractivity contribution is -0.118. The van der Waals surface area contributed by atoms with E-state index in [4.69, 9.17) is 39.8 Å². The Hall–Kier alpha value is -2.51. The SMILES string of the molecule is O=C(CSc1nc2ccccc2n1Cc1ccccc1Cl)N/N=C/c1ccc(Cl)c(Cl)c1. The number of nitrogens with one attached hydrogen (secondary N) is 1. The van der Waals surface area contributed by atoms with Crippen LogP contribution in [0.4, 0.5) is 0 Å². The van der Waals surface area contributed by atoms with Crippen molar-refractivity contribution in [2.45, 2.75) is 11.7 Å². The molecule has 1 heterocycles. The second-order valence-corrected chi connectivity index (χ2v) is 8.98. The van der Waals surface area contributed by atoms with E-state index in [9.17, 15) is 4.79 Å². The molecule has 1 N–H and O–H groups in total. The zero-order valence-electron chi connectivity index (χ0n) is 16.6. The Bertz CT molecular complexity index is 1310. The first-order valence-corrected chi connectivity index (χ1v) is 11.7. The van der Waals surface area contributed by atoms with Crippen molar-refractivity contribution in [1.29, 1.82) is 0 Å². The molecule has 3 aromatic carbocycles. The summed E-state index contributed by atoms with van der Waals surface area (Å²) in [4.78, 5) is 17.0. The lowest BCUT2D eigenvalue weighted by atomic mass is 10.2. The number of para-hydroxylation sites is 2. The first kappa shape index (κ1) is 22.7. The average molecular weight is 504 g/mol. The number of halogens is 3. The number of hydrogen-bond acceptors (Lipinski definition) is 4. The van der Waals surface area contributed by atoms with Gasteiger partial charge in [0.1, 0.15) is 0 Å². The number of imidazole rings is 1. The number of carbonyl (C=O) groups excluding carboxylic acids is 1. The van der Waals surface area contributed by atoms with Crippen LogP contribution in [0.25, 0.3) is 11.0 Å². The highest BCUT2D eigenvalue weighted by atomic mass is 35.5. The van der Waals surface area contributed by atoms with Gasteiger partial charge in [0.05, 0.1) is 39.6 Å². The molecule has 32 heavy (non-hydrogen) atoms. The summed E-state index contributed by atoms with van der Waals surface area (Å²) in [7, 11) is 0. The van der Waals surface area contributed by atoms with Crippen molar-refractivity contribution in [2.24, 2.45) is 5.10 Å². The fourth-order valence-corrected chi connectivity index (χ4v) is 4.36. The van der Waals surface area contributed by atoms with Crippen LogP contribution in [-0.2, 0) is 11.3 Å². The van der Waals surface area contributed by atoms with E-state index < -0.39 is 0 Å². The molecule has 5 nitrogen and oxygen atoms in total. The summed E-state index contributed by atoms with van der Waals surface area (Å²) in [6.45, 7) is 0.555. The maximum Gasteiger partial charge on any atom is 0.250 e. The van der Waals surface area contributed by atoms with Gasteiger partial charge in [-0.3, -0.25) is 4.79 Å². The van der Waals surface area contributed by atoms with Gasteiger partial charge in [-0.1, -0.05) is 83.0 Å². The Morgan fingerprint density at radius 2 is 1.78 bits per heavy atom. The van der Waals surface area contributed by atoms with Crippen molar-refractivity contribution >= 4 is 69.7 Å². The number of aromatic nitrogens is 2. The van der Waals surface area contributed by atoms with Gasteiger partial charge in [-0.15, -0.1) is 0 Å². The van der Waals surface area contributed by atoms with Gasteiger partial charge in [0.2, 0.25) is 0 Å². The molecule has 0 atom stereocenters. The molecule has 162 valence electrons. The Labute approximate surface area is 204 Å². The highest BCUT2D eigenvalue weighted by molar-refractivity contribution is 7.99. The first-order valence-electron chi connectivity index (χ1n) is 9.59. The van der Waals surface area contributed by atoms with Crippen molar-refractivity contribution in [3.8, 4) is 0 Å². The lowest BCUT2D eigenvalue weighted by Crippen LogP contribution is -2.20. The molecule has 0 aliphatic rings. The zero-order chi connectivity index (χ0) is 22.5. The zero-order valence-corrected chi connectivity index (χ0v) is 19.7. The van der Waals surface area contributed by atoms with Gasteiger partial charge in [0.25, 0.3) is 5.91 Å². The third-order valence-corrected chi connectivity index (χ3v) is 6.67. The third-order valence-electron chi connectivity index (χ3n) is 4.58. The van der Waals surface area contributed by atoms with Crippen molar-refractivity contribution in [3.63, 3.8) is 0 Å². The molecule has 0 bridgehead atoms. The van der Waals surface area contributed by atoms with Gasteiger partial charge in [-0.05, 0) is 41.5 Å². The molecule has 0 spiro atoms. The third kappa shape index (κ3) is 5.45. The van der Waals surface area contributed by atoms with E-state index in [2.05, 4.69) is 15.1 Å². The predicted molar refractivity (Wildman–Crippen MR) is 133 cm³/mol. The summed E-state index contributed by atoms with van der Waals surface area (Å²) < 4.78 is 2.06. The highest BCUT2D eigenvalue weighted by Crippen LogP contribution is 2.27. The molecular formula is C23H17Cl3N4OS. The minimum absolute atomic E-state index is 0.157. The molecule has 1 aromatic heterocycles. The summed E-state index contributed by atoms with van der Waals surface area (Å²) in [6.07, 6.45) is 1.51. The average Bonchev–Trinajstić information content (AvgIpc) is 3.14. The van der Waals surface area contributed by atoms with E-state index in [0.29, 0.717) is 21.6 Å². The molecule has 1 amide bonds. The molecule has 9 heteroatoms. The van der Waals surface area contributed by atoms with E-state index in [0.717, 1.165) is 27.3 Å². The maximum absolute atomic E-state index is 12.3. The predicted octanol–water partition coefficient (Wildman–Crippen LogP) is 6.29. The molecule has 0 saturated carbocycles. The summed E-state index contributed by atoms with van der Waals surface area (Å²) in [5.41, 5.74) is 6.08. The van der Waals surface area contributed by atoms with Crippen LogP contribution in [0.3, 0.4) is 0 Å². The number of hydrogen-bond donors (Lipinski definition) is 1. The Morgan fingerprint density at radius 1 is 1.00 bits per heavy atom. The Kier molecular flexibility index (Phi) is 7.37. The van der Waals surface area contributed by atoms with Crippen molar-refractivity contribution in [3.05, 3.63) is 92.9 Å². The number of nitrogens with zero attached hydrogens (tertiary/aromatic N) is 3. The molecular weight excluding hydrogens is 487 g/mol. The number of hydrazone groups is 1. The van der Waals surface area contributed by atoms with Crippen LogP contribution in [0.2, 0.25) is 15.1 Å². The van der Waals surface area contributed by atoms with E-state index in [-0.39, 0.29) is 11.7 Å². The number of amides is 1. The van der Waals surface area contributed by atoms with Crippen LogP contribution in [-0.4, -0.2) is 27.4 Å². The van der Waals surface area contributed by atoms with Gasteiger partial charge in [0, 0.05) is 5.02 Å². The number of thioether (sulfide) groups is 1. The Balaban J connectivity index is 1.45. The van der Waals surface area contributed by atoms with Crippen LogP contribution < -0.4 is 5.43 Å². The van der Waals surface area contributed by atoms with Gasteiger partial charge in [-0.2, -0.15) is 5.10 Å². The van der Waals surface area contributed by atoms with Crippen LogP contribution in [0.15, 0.2) is 77.0 Å². The van der Waals surface area contributed by atoms with Crippen LogP contribution in [0, 0.1) is 0 Å². The first-order chi connectivity index (χ1) is 15.5. The molecule has 0 fully saturated rings. The molecule has 0 aliphatic heterocycles. The summed E-state index contributed by atoms with van der Waals surface area (Å²) in [6, 6.07) is 20.7. The molecule has 0 saturated heterocycles. The van der Waals surface area contributed by atoms with E-state index in [1.54, 1.807) is 18.2 Å². The molecule has 0 unspecified atom stereocenters. The number of fused-ring (bicyclic) bond motifs is 1. The topological polar surface area (TPSA) is 59.3 Å². The number of rotatable bonds is 7. The standard InChI is InChI=1S/C23H17Cl3N4OS/c24-17-6-2-1-5-16(17)13-30-21-8-4-3-7-20(21)28-23(30)32-14-22(31)29-27-12-15-9-10-18(25)19(26)11-15/h1-12H,13-14H2,(H,29,31)/b27-12+. The van der Waals surface area contributed by atoms with E-state index in [1.807, 2.05) is 48.5 Å². The molecule has 4 rings (SSSR count). The number of benzene rings is 3. The quantitative estimate of drug-likeness (QED) is 0.183. The van der Waals surface area contributed by atoms with Crippen molar-refractivity contribution in [1.82, 2.24) is 15.0 Å². The van der Waals surface area contributed by atoms with Crippen LogP contribution in [0.5, 0.6) is 0 Å². The number of carbonyl (C=O) groups is 1. The lowest BCUT2D eigenvalue weighted by Gasteiger charge is -2.10. The minimum atomic E-state index is -0.248. The van der Waals surface area contributed by atoms with Gasteiger partial charge in [0.15, 0.2) is 5.16 Å². The van der Waals surface area contributed by atoms with E-state index >= 15 is 0 Å². The van der Waals surface area contributed by atoms with Gasteiger partial charge in [-0.25, -0.2) is 10.4 Å². The molecule has 0 radical (unpaired) electrons. The smallest absolute Gasteiger partial charge is 0.250 e. The second-order valence-electron chi connectivity index (χ2n) is 6.82.